The topological polar surface area (TPSA) is 114 Å². The maximum Gasteiger partial charge on any atom is 0.235 e. The largest absolute Gasteiger partial charge is 0.456 e. The van der Waals surface area contributed by atoms with Crippen molar-refractivity contribution in [1.82, 2.24) is 9.88 Å². The smallest absolute Gasteiger partial charge is 0.235 e. The molecule has 0 spiro atoms. The second-order valence-corrected chi connectivity index (χ2v) is 8.01. The summed E-state index contributed by atoms with van der Waals surface area (Å²) in [4.78, 5) is 22.5. The molecule has 2 unspecified atom stereocenters. The zero-order valence-corrected chi connectivity index (χ0v) is 17.8. The standard InChI is InChI=1S/C20H18FN5O3.C3H6/c1-26-18(27)15-4-5-28-11-20(15,25-19(26)23)16-7-13(2-3-17(16)21)29-14-6-12(8-22)9-24-10-14;1-2-3-1/h2-3,6-7,9-10,15H,4-5,11H2,1H3,(H2,23,25);1-3H2. The molecule has 2 aromatic rings. The van der Waals surface area contributed by atoms with Gasteiger partial charge in [-0.05, 0) is 24.6 Å². The van der Waals surface area contributed by atoms with Crippen LogP contribution in [0.5, 0.6) is 11.5 Å². The molecule has 2 atom stereocenters. The molecule has 1 saturated carbocycles. The number of guanidine groups is 1. The Morgan fingerprint density at radius 3 is 2.78 bits per heavy atom. The van der Waals surface area contributed by atoms with E-state index >= 15 is 0 Å². The van der Waals surface area contributed by atoms with Crippen LogP contribution in [-0.2, 0) is 15.1 Å². The number of carbonyl (C=O) groups is 1. The number of rotatable bonds is 3. The number of fused-ring (bicyclic) bond motifs is 1. The van der Waals surface area contributed by atoms with Gasteiger partial charge in [0.2, 0.25) is 5.91 Å². The maximum atomic E-state index is 14.9. The number of carbonyl (C=O) groups excluding carboxylic acids is 1. The molecule has 2 aliphatic heterocycles. The minimum Gasteiger partial charge on any atom is -0.456 e. The average molecular weight is 437 g/mol. The summed E-state index contributed by atoms with van der Waals surface area (Å²) in [5.41, 5.74) is 5.20. The van der Waals surface area contributed by atoms with Crippen LogP contribution in [0.15, 0.2) is 41.7 Å². The quantitative estimate of drug-likeness (QED) is 0.789. The summed E-state index contributed by atoms with van der Waals surface area (Å²) in [6, 6.07) is 7.70. The normalized spacial score (nSPS) is 23.8. The molecule has 2 fully saturated rings. The van der Waals surface area contributed by atoms with E-state index < -0.39 is 17.3 Å². The highest BCUT2D eigenvalue weighted by Crippen LogP contribution is 2.44. The van der Waals surface area contributed by atoms with Gasteiger partial charge in [0.25, 0.3) is 0 Å². The Balaban J connectivity index is 0.000000754. The van der Waals surface area contributed by atoms with Crippen molar-refractivity contribution in [2.75, 3.05) is 20.3 Å². The number of halogens is 1. The molecular weight excluding hydrogens is 413 g/mol. The van der Waals surface area contributed by atoms with Gasteiger partial charge < -0.3 is 15.2 Å². The number of hydrogen-bond donors (Lipinski definition) is 1. The molecule has 9 heteroatoms. The third-order valence-corrected chi connectivity index (χ3v) is 5.57. The summed E-state index contributed by atoms with van der Waals surface area (Å²) in [6.07, 6.45) is 7.76. The van der Waals surface area contributed by atoms with Gasteiger partial charge in [-0.15, -0.1) is 0 Å². The van der Waals surface area contributed by atoms with Gasteiger partial charge in [0.15, 0.2) is 5.96 Å². The molecule has 0 bridgehead atoms. The second-order valence-electron chi connectivity index (χ2n) is 8.01. The lowest BCUT2D eigenvalue weighted by atomic mass is 9.74. The summed E-state index contributed by atoms with van der Waals surface area (Å²) in [6.45, 7) is 0.412. The molecule has 1 aromatic heterocycles. The van der Waals surface area contributed by atoms with Crippen LogP contribution in [0.2, 0.25) is 0 Å². The number of pyridine rings is 1. The van der Waals surface area contributed by atoms with Gasteiger partial charge in [0.1, 0.15) is 28.9 Å². The minimum atomic E-state index is -1.26. The highest BCUT2D eigenvalue weighted by atomic mass is 19.1. The lowest BCUT2D eigenvalue weighted by molar-refractivity contribution is -0.140. The monoisotopic (exact) mass is 437 g/mol. The van der Waals surface area contributed by atoms with Gasteiger partial charge in [-0.25, -0.2) is 9.38 Å². The number of nitrogens with zero attached hydrogens (tertiary/aromatic N) is 4. The number of nitrogens with two attached hydrogens (primary N) is 1. The van der Waals surface area contributed by atoms with Crippen molar-refractivity contribution in [3.05, 3.63) is 53.6 Å². The van der Waals surface area contributed by atoms with E-state index in [1.54, 1.807) is 7.05 Å². The van der Waals surface area contributed by atoms with Crippen LogP contribution < -0.4 is 10.5 Å². The first-order valence-electron chi connectivity index (χ1n) is 10.5. The number of benzene rings is 1. The predicted molar refractivity (Wildman–Crippen MR) is 114 cm³/mol. The zero-order valence-electron chi connectivity index (χ0n) is 17.8. The number of ether oxygens (including phenoxy) is 2. The molecule has 1 amide bonds. The van der Waals surface area contributed by atoms with Crippen LogP contribution in [0.25, 0.3) is 0 Å². The fourth-order valence-corrected chi connectivity index (χ4v) is 3.73. The van der Waals surface area contributed by atoms with Crippen molar-refractivity contribution >= 4 is 11.9 Å². The molecule has 0 radical (unpaired) electrons. The van der Waals surface area contributed by atoms with E-state index in [4.69, 9.17) is 20.5 Å². The molecular formula is C23H24FN5O3. The highest BCUT2D eigenvalue weighted by Gasteiger charge is 2.52. The molecule has 8 nitrogen and oxygen atoms in total. The van der Waals surface area contributed by atoms with Crippen LogP contribution >= 0.6 is 0 Å². The van der Waals surface area contributed by atoms with E-state index in [1.807, 2.05) is 6.07 Å². The van der Waals surface area contributed by atoms with E-state index in [0.717, 1.165) is 0 Å². The Labute approximate surface area is 185 Å². The number of aliphatic imine (C=N–C) groups is 1. The summed E-state index contributed by atoms with van der Waals surface area (Å²) in [5.74, 6) is -0.700. The first-order chi connectivity index (χ1) is 15.4. The molecule has 32 heavy (non-hydrogen) atoms. The van der Waals surface area contributed by atoms with Crippen LogP contribution in [0.4, 0.5) is 4.39 Å². The molecule has 3 heterocycles. The van der Waals surface area contributed by atoms with Crippen molar-refractivity contribution in [3.8, 4) is 17.6 Å². The zero-order chi connectivity index (χ0) is 22.7. The average Bonchev–Trinajstić information content (AvgIpc) is 3.69. The van der Waals surface area contributed by atoms with Gasteiger partial charge in [0, 0.05) is 31.5 Å². The number of aromatic nitrogens is 1. The minimum absolute atomic E-state index is 0.00777. The summed E-state index contributed by atoms with van der Waals surface area (Å²) in [7, 11) is 1.55. The first kappa shape index (κ1) is 21.7. The lowest BCUT2D eigenvalue weighted by Gasteiger charge is -2.45. The SMILES string of the molecule is C1CC1.CN1C(=O)C2CCOCC2(c2cc(Oc3cncc(C#N)c3)ccc2F)N=C1N. The Bertz CT molecular complexity index is 1090. The van der Waals surface area contributed by atoms with E-state index in [9.17, 15) is 9.18 Å². The van der Waals surface area contributed by atoms with Crippen LogP contribution in [0, 0.1) is 23.1 Å². The van der Waals surface area contributed by atoms with Gasteiger partial charge >= 0.3 is 0 Å². The van der Waals surface area contributed by atoms with Gasteiger partial charge in [-0.2, -0.15) is 5.26 Å². The number of nitriles is 1. The van der Waals surface area contributed by atoms with Crippen molar-refractivity contribution in [2.24, 2.45) is 16.6 Å². The third kappa shape index (κ3) is 4.27. The number of amides is 1. The Kier molecular flexibility index (Phi) is 6.06. The Hall–Kier alpha value is -3.51. The maximum absolute atomic E-state index is 14.9. The molecule has 1 aliphatic carbocycles. The van der Waals surface area contributed by atoms with E-state index in [-0.39, 0.29) is 24.0 Å². The summed E-state index contributed by atoms with van der Waals surface area (Å²) < 4.78 is 26.3. The Morgan fingerprint density at radius 1 is 1.28 bits per heavy atom. The van der Waals surface area contributed by atoms with E-state index in [0.29, 0.717) is 30.1 Å². The lowest BCUT2D eigenvalue weighted by Crippen LogP contribution is -2.58. The van der Waals surface area contributed by atoms with Crippen molar-refractivity contribution in [3.63, 3.8) is 0 Å². The van der Waals surface area contributed by atoms with Gasteiger partial charge in [0.05, 0.1) is 24.3 Å². The highest BCUT2D eigenvalue weighted by molar-refractivity contribution is 6.00. The molecule has 1 saturated heterocycles. The van der Waals surface area contributed by atoms with Gasteiger partial charge in [-0.3, -0.25) is 14.7 Å². The fraction of sp³-hybridized carbons (Fsp3) is 0.391. The number of hydrogen-bond acceptors (Lipinski definition) is 7. The molecule has 2 N–H and O–H groups in total. The summed E-state index contributed by atoms with van der Waals surface area (Å²) in [5, 5.41) is 9.01. The predicted octanol–water partition coefficient (Wildman–Crippen LogP) is 3.07. The van der Waals surface area contributed by atoms with Gasteiger partial charge in [-0.1, -0.05) is 19.3 Å². The molecule has 1 aromatic carbocycles. The third-order valence-electron chi connectivity index (χ3n) is 5.57. The van der Waals surface area contributed by atoms with Crippen molar-refractivity contribution in [1.29, 1.82) is 5.26 Å². The molecule has 5 rings (SSSR count). The van der Waals surface area contributed by atoms with Crippen molar-refractivity contribution < 1.29 is 18.7 Å². The van der Waals surface area contributed by atoms with E-state index in [2.05, 4.69) is 9.98 Å². The Morgan fingerprint density at radius 2 is 2.06 bits per heavy atom. The van der Waals surface area contributed by atoms with Crippen LogP contribution in [0.3, 0.4) is 0 Å². The van der Waals surface area contributed by atoms with Crippen LogP contribution in [0.1, 0.15) is 36.8 Å². The van der Waals surface area contributed by atoms with E-state index in [1.165, 1.54) is 60.8 Å². The molecule has 3 aliphatic rings. The second kappa shape index (κ2) is 8.93. The molecule has 166 valence electrons. The fourth-order valence-electron chi connectivity index (χ4n) is 3.73. The van der Waals surface area contributed by atoms with Crippen molar-refractivity contribution in [2.45, 2.75) is 31.2 Å². The van der Waals surface area contributed by atoms with Crippen LogP contribution in [-0.4, -0.2) is 42.0 Å². The summed E-state index contributed by atoms with van der Waals surface area (Å²) >= 11 is 0. The first-order valence-corrected chi connectivity index (χ1v) is 10.5.